The summed E-state index contributed by atoms with van der Waals surface area (Å²) < 4.78 is 54.4. The van der Waals surface area contributed by atoms with E-state index in [1.807, 2.05) is 0 Å². The molecule has 182 valence electrons. The van der Waals surface area contributed by atoms with Crippen LogP contribution in [-0.4, -0.2) is 39.0 Å². The fourth-order valence-corrected chi connectivity index (χ4v) is 5.18. The minimum absolute atomic E-state index is 0.0328. The van der Waals surface area contributed by atoms with E-state index in [0.29, 0.717) is 22.7 Å². The van der Waals surface area contributed by atoms with Crippen molar-refractivity contribution < 1.29 is 27.1 Å². The number of carbonyl (C=O) groups is 1. The van der Waals surface area contributed by atoms with Crippen LogP contribution in [0.1, 0.15) is 10.5 Å². The second-order valence-electron chi connectivity index (χ2n) is 7.84. The zero-order valence-electron chi connectivity index (χ0n) is 18.3. The van der Waals surface area contributed by atoms with Crippen LogP contribution < -0.4 is 10.9 Å². The van der Waals surface area contributed by atoms with Gasteiger partial charge in [0.15, 0.2) is 0 Å². The lowest BCUT2D eigenvalue weighted by Gasteiger charge is -2.11. The minimum atomic E-state index is -4.61. The van der Waals surface area contributed by atoms with Gasteiger partial charge in [0, 0.05) is 41.3 Å². The van der Waals surface area contributed by atoms with Crippen molar-refractivity contribution in [1.82, 2.24) is 19.5 Å². The number of fused-ring (bicyclic) bond motifs is 2. The Hall–Kier alpha value is -4.65. The standard InChI is InChI=1S/C23H15F2N5O5S/c1-30-20-12(8-19(21(30)31)36(34,35)18-5-2-13(24)9-15(18)25)10-26-23(29-20)27-14-3-4-16-11(6-14)7-17(28-16)22(32)33/h2-10,28H,1H3,(H,32,33)(H,26,27,29). The number of halogens is 2. The molecule has 0 spiro atoms. The Balaban J connectivity index is 1.54. The van der Waals surface area contributed by atoms with Gasteiger partial charge in [-0.2, -0.15) is 4.98 Å². The van der Waals surface area contributed by atoms with E-state index in [2.05, 4.69) is 20.3 Å². The Labute approximate surface area is 200 Å². The van der Waals surface area contributed by atoms with Gasteiger partial charge in [0.25, 0.3) is 5.56 Å². The Morgan fingerprint density at radius 1 is 1.06 bits per heavy atom. The fourth-order valence-electron chi connectivity index (χ4n) is 3.74. The highest BCUT2D eigenvalue weighted by atomic mass is 32.2. The van der Waals surface area contributed by atoms with Crippen LogP contribution in [-0.2, 0) is 16.9 Å². The number of benzene rings is 2. The number of pyridine rings is 1. The first-order valence-electron chi connectivity index (χ1n) is 10.2. The summed E-state index contributed by atoms with van der Waals surface area (Å²) in [4.78, 5) is 33.7. The molecule has 36 heavy (non-hydrogen) atoms. The van der Waals surface area contributed by atoms with Crippen molar-refractivity contribution in [2.24, 2.45) is 7.05 Å². The molecule has 5 aromatic rings. The maximum absolute atomic E-state index is 14.2. The molecule has 0 unspecified atom stereocenters. The Kier molecular flexibility index (Phi) is 5.29. The summed E-state index contributed by atoms with van der Waals surface area (Å²) in [6.07, 6.45) is 1.29. The number of aryl methyl sites for hydroxylation is 1. The number of hydrogen-bond donors (Lipinski definition) is 3. The number of H-pyrrole nitrogens is 1. The number of nitrogens with zero attached hydrogens (tertiary/aromatic N) is 3. The van der Waals surface area contributed by atoms with E-state index >= 15 is 0 Å². The van der Waals surface area contributed by atoms with Crippen molar-refractivity contribution in [2.75, 3.05) is 5.32 Å². The summed E-state index contributed by atoms with van der Waals surface area (Å²) in [7, 11) is -3.30. The zero-order chi connectivity index (χ0) is 25.8. The topological polar surface area (TPSA) is 147 Å². The highest BCUT2D eigenvalue weighted by molar-refractivity contribution is 7.91. The Bertz CT molecular complexity index is 1880. The molecular weight excluding hydrogens is 496 g/mol. The number of sulfone groups is 1. The van der Waals surface area contributed by atoms with Crippen LogP contribution in [0.15, 0.2) is 69.3 Å². The number of aromatic carboxylic acids is 1. The van der Waals surface area contributed by atoms with Crippen LogP contribution in [0.4, 0.5) is 20.4 Å². The van der Waals surface area contributed by atoms with Crippen molar-refractivity contribution >= 4 is 49.4 Å². The first-order valence-corrected chi connectivity index (χ1v) is 11.7. The number of aromatic amines is 1. The number of anilines is 2. The SMILES string of the molecule is Cn1c(=O)c(S(=O)(=O)c2ccc(F)cc2F)cc2cnc(Nc3ccc4[nH]c(C(=O)O)cc4c3)nc21. The summed E-state index contributed by atoms with van der Waals surface area (Å²) in [5.74, 6) is -3.28. The van der Waals surface area contributed by atoms with Crippen molar-refractivity contribution in [3.63, 3.8) is 0 Å². The normalized spacial score (nSPS) is 11.8. The summed E-state index contributed by atoms with van der Waals surface area (Å²) in [5, 5.41) is 12.9. The number of rotatable bonds is 5. The molecule has 0 saturated carbocycles. The Morgan fingerprint density at radius 3 is 2.56 bits per heavy atom. The van der Waals surface area contributed by atoms with Crippen LogP contribution in [0.5, 0.6) is 0 Å². The first-order chi connectivity index (χ1) is 17.0. The van der Waals surface area contributed by atoms with E-state index in [4.69, 9.17) is 5.11 Å². The lowest BCUT2D eigenvalue weighted by atomic mass is 10.2. The summed E-state index contributed by atoms with van der Waals surface area (Å²) in [5.41, 5.74) is 0.336. The van der Waals surface area contributed by atoms with Gasteiger partial charge in [-0.15, -0.1) is 0 Å². The van der Waals surface area contributed by atoms with Crippen LogP contribution in [0, 0.1) is 11.6 Å². The van der Waals surface area contributed by atoms with Gasteiger partial charge in [-0.3, -0.25) is 9.36 Å². The van der Waals surface area contributed by atoms with E-state index in [9.17, 15) is 26.8 Å². The molecule has 0 atom stereocenters. The van der Waals surface area contributed by atoms with Crippen molar-refractivity contribution in [3.05, 3.63) is 82.4 Å². The molecular formula is C23H15F2N5O5S. The summed E-state index contributed by atoms with van der Waals surface area (Å²) >= 11 is 0. The van der Waals surface area contributed by atoms with Gasteiger partial charge in [0.2, 0.25) is 15.8 Å². The zero-order valence-corrected chi connectivity index (χ0v) is 19.1. The van der Waals surface area contributed by atoms with Crippen molar-refractivity contribution in [1.29, 1.82) is 0 Å². The molecule has 0 radical (unpaired) electrons. The monoisotopic (exact) mass is 511 g/mol. The van der Waals surface area contributed by atoms with E-state index < -0.39 is 42.8 Å². The predicted octanol–water partition coefficient (Wildman–Crippen LogP) is 3.36. The quantitative estimate of drug-likeness (QED) is 0.304. The third-order valence-electron chi connectivity index (χ3n) is 5.50. The molecule has 0 aliphatic heterocycles. The third kappa shape index (κ3) is 3.84. The van der Waals surface area contributed by atoms with Gasteiger partial charge in [-0.05, 0) is 42.5 Å². The van der Waals surface area contributed by atoms with Crippen LogP contribution in [0.3, 0.4) is 0 Å². The van der Waals surface area contributed by atoms with Gasteiger partial charge in [0.05, 0.1) is 0 Å². The molecule has 10 nitrogen and oxygen atoms in total. The lowest BCUT2D eigenvalue weighted by Crippen LogP contribution is -2.25. The molecule has 0 amide bonds. The maximum atomic E-state index is 14.2. The van der Waals surface area contributed by atoms with Crippen molar-refractivity contribution in [2.45, 2.75) is 9.79 Å². The van der Waals surface area contributed by atoms with E-state index in [1.165, 1.54) is 19.3 Å². The maximum Gasteiger partial charge on any atom is 0.352 e. The molecule has 3 aromatic heterocycles. The minimum Gasteiger partial charge on any atom is -0.477 e. The van der Waals surface area contributed by atoms with E-state index in [1.54, 1.807) is 18.2 Å². The average Bonchev–Trinajstić information content (AvgIpc) is 3.25. The van der Waals surface area contributed by atoms with Gasteiger partial charge in [0.1, 0.15) is 32.8 Å². The predicted molar refractivity (Wildman–Crippen MR) is 125 cm³/mol. The number of nitrogens with one attached hydrogen (secondary N) is 2. The summed E-state index contributed by atoms with van der Waals surface area (Å²) in [6, 6.07) is 9.50. The Morgan fingerprint density at radius 2 is 1.83 bits per heavy atom. The number of carboxylic acid groups (broad SMARTS) is 1. The third-order valence-corrected chi connectivity index (χ3v) is 7.28. The largest absolute Gasteiger partial charge is 0.477 e. The molecule has 0 aliphatic carbocycles. The van der Waals surface area contributed by atoms with Crippen LogP contribution in [0.25, 0.3) is 21.9 Å². The molecule has 0 bridgehead atoms. The molecule has 13 heteroatoms. The second kappa shape index (κ2) is 8.23. The number of carboxylic acids is 1. The second-order valence-corrected chi connectivity index (χ2v) is 9.73. The number of hydrogen-bond acceptors (Lipinski definition) is 7. The molecule has 0 fully saturated rings. The average molecular weight is 511 g/mol. The molecule has 0 aliphatic rings. The highest BCUT2D eigenvalue weighted by Crippen LogP contribution is 2.25. The fraction of sp³-hybridized carbons (Fsp3) is 0.0435. The van der Waals surface area contributed by atoms with Gasteiger partial charge < -0.3 is 15.4 Å². The first kappa shape index (κ1) is 23.1. The lowest BCUT2D eigenvalue weighted by molar-refractivity contribution is 0.0691. The molecule has 3 N–H and O–H groups in total. The van der Waals surface area contributed by atoms with Crippen LogP contribution in [0.2, 0.25) is 0 Å². The smallest absolute Gasteiger partial charge is 0.352 e. The van der Waals surface area contributed by atoms with Gasteiger partial charge in [-0.1, -0.05) is 0 Å². The van der Waals surface area contributed by atoms with Gasteiger partial charge >= 0.3 is 5.97 Å². The van der Waals surface area contributed by atoms with E-state index in [-0.39, 0.29) is 22.7 Å². The molecule has 5 rings (SSSR count). The van der Waals surface area contributed by atoms with Gasteiger partial charge in [-0.25, -0.2) is 27.0 Å². The number of aromatic nitrogens is 4. The van der Waals surface area contributed by atoms with E-state index in [0.717, 1.165) is 22.8 Å². The molecule has 3 heterocycles. The van der Waals surface area contributed by atoms with Crippen molar-refractivity contribution in [3.8, 4) is 0 Å². The van der Waals surface area contributed by atoms with Crippen LogP contribution >= 0.6 is 0 Å². The molecule has 0 saturated heterocycles. The highest BCUT2D eigenvalue weighted by Gasteiger charge is 2.27. The molecule has 2 aromatic carbocycles. The summed E-state index contributed by atoms with van der Waals surface area (Å²) in [6.45, 7) is 0.